The molecule has 3 heteroatoms. The predicted octanol–water partition coefficient (Wildman–Crippen LogP) is 4.05. The summed E-state index contributed by atoms with van der Waals surface area (Å²) in [5.74, 6) is 0. The van der Waals surface area contributed by atoms with Crippen LogP contribution in [0.4, 0.5) is 5.69 Å². The maximum atomic E-state index is 9.65. The fourth-order valence-corrected chi connectivity index (χ4v) is 2.37. The highest BCUT2D eigenvalue weighted by molar-refractivity contribution is 6.33. The van der Waals surface area contributed by atoms with Gasteiger partial charge in [0.1, 0.15) is 0 Å². The van der Waals surface area contributed by atoms with Crippen molar-refractivity contribution in [1.82, 2.24) is 0 Å². The van der Waals surface area contributed by atoms with Crippen LogP contribution in [-0.4, -0.2) is 11.7 Å². The zero-order valence-electron chi connectivity index (χ0n) is 10.9. The monoisotopic (exact) mass is 275 g/mol. The standard InChI is InChI=1S/C16H18ClNO/c1-2-12-7-3-4-8-13(12)16(11-19)18-15-10-6-5-9-14(15)17/h3-10,16,18-19H,2,11H2,1H3. The van der Waals surface area contributed by atoms with Gasteiger partial charge in [-0.05, 0) is 29.7 Å². The van der Waals surface area contributed by atoms with E-state index in [1.54, 1.807) is 0 Å². The van der Waals surface area contributed by atoms with Crippen molar-refractivity contribution in [3.05, 3.63) is 64.7 Å². The molecular weight excluding hydrogens is 258 g/mol. The number of aliphatic hydroxyl groups excluding tert-OH is 1. The summed E-state index contributed by atoms with van der Waals surface area (Å²) in [5, 5.41) is 13.6. The molecule has 0 aliphatic carbocycles. The zero-order chi connectivity index (χ0) is 13.7. The molecule has 19 heavy (non-hydrogen) atoms. The number of benzene rings is 2. The van der Waals surface area contributed by atoms with Gasteiger partial charge in [0.05, 0.1) is 23.4 Å². The fourth-order valence-electron chi connectivity index (χ4n) is 2.18. The molecule has 0 heterocycles. The third kappa shape index (κ3) is 3.28. The highest BCUT2D eigenvalue weighted by Gasteiger charge is 2.14. The lowest BCUT2D eigenvalue weighted by Gasteiger charge is -2.21. The molecule has 1 unspecified atom stereocenters. The smallest absolute Gasteiger partial charge is 0.0748 e. The first-order valence-corrected chi connectivity index (χ1v) is 6.83. The molecule has 0 aliphatic rings. The molecule has 0 saturated carbocycles. The molecule has 1 atom stereocenters. The van der Waals surface area contributed by atoms with Crippen molar-refractivity contribution in [1.29, 1.82) is 0 Å². The summed E-state index contributed by atoms with van der Waals surface area (Å²) in [7, 11) is 0. The van der Waals surface area contributed by atoms with E-state index in [0.717, 1.165) is 17.7 Å². The molecule has 0 amide bonds. The van der Waals surface area contributed by atoms with E-state index < -0.39 is 0 Å². The van der Waals surface area contributed by atoms with Gasteiger partial charge >= 0.3 is 0 Å². The number of para-hydroxylation sites is 1. The zero-order valence-corrected chi connectivity index (χ0v) is 11.7. The molecule has 0 bridgehead atoms. The largest absolute Gasteiger partial charge is 0.394 e. The average Bonchev–Trinajstić information content (AvgIpc) is 2.46. The molecule has 100 valence electrons. The van der Waals surface area contributed by atoms with Crippen molar-refractivity contribution in [2.24, 2.45) is 0 Å². The van der Waals surface area contributed by atoms with Gasteiger partial charge in [-0.2, -0.15) is 0 Å². The van der Waals surface area contributed by atoms with Crippen LogP contribution in [-0.2, 0) is 6.42 Å². The number of nitrogens with one attached hydrogen (secondary N) is 1. The number of halogens is 1. The van der Waals surface area contributed by atoms with Crippen LogP contribution in [0.15, 0.2) is 48.5 Å². The Balaban J connectivity index is 2.28. The number of anilines is 1. The van der Waals surface area contributed by atoms with Crippen molar-refractivity contribution in [3.63, 3.8) is 0 Å². The van der Waals surface area contributed by atoms with E-state index >= 15 is 0 Å². The molecule has 0 radical (unpaired) electrons. The van der Waals surface area contributed by atoms with Gasteiger partial charge in [-0.3, -0.25) is 0 Å². The second-order valence-corrected chi connectivity index (χ2v) is 4.82. The molecule has 2 N–H and O–H groups in total. The Hall–Kier alpha value is -1.51. The molecule has 2 aromatic rings. The minimum atomic E-state index is -0.143. The van der Waals surface area contributed by atoms with Gasteiger partial charge in [-0.1, -0.05) is 54.9 Å². The molecule has 0 spiro atoms. The molecule has 0 aliphatic heterocycles. The average molecular weight is 276 g/mol. The summed E-state index contributed by atoms with van der Waals surface area (Å²) < 4.78 is 0. The Labute approximate surface area is 119 Å². The van der Waals surface area contributed by atoms with Gasteiger partial charge in [0, 0.05) is 0 Å². The summed E-state index contributed by atoms with van der Waals surface area (Å²) in [6, 6.07) is 15.6. The third-order valence-corrected chi connectivity index (χ3v) is 3.53. The van der Waals surface area contributed by atoms with Crippen molar-refractivity contribution in [3.8, 4) is 0 Å². The Morgan fingerprint density at radius 3 is 2.47 bits per heavy atom. The van der Waals surface area contributed by atoms with Crippen LogP contribution in [0.3, 0.4) is 0 Å². The molecule has 2 aromatic carbocycles. The van der Waals surface area contributed by atoms with Gasteiger partial charge in [-0.15, -0.1) is 0 Å². The van der Waals surface area contributed by atoms with Crippen molar-refractivity contribution in [2.75, 3.05) is 11.9 Å². The summed E-state index contributed by atoms with van der Waals surface area (Å²) in [6.45, 7) is 2.14. The van der Waals surface area contributed by atoms with E-state index in [0.29, 0.717) is 5.02 Å². The van der Waals surface area contributed by atoms with Crippen LogP contribution in [0.2, 0.25) is 5.02 Å². The first-order valence-electron chi connectivity index (χ1n) is 6.46. The molecule has 2 nitrogen and oxygen atoms in total. The Kier molecular flexibility index (Phi) is 4.83. The highest BCUT2D eigenvalue weighted by Crippen LogP contribution is 2.27. The van der Waals surface area contributed by atoms with Crippen molar-refractivity contribution >= 4 is 17.3 Å². The Bertz CT molecular complexity index is 542. The van der Waals surface area contributed by atoms with Gasteiger partial charge in [-0.25, -0.2) is 0 Å². The number of rotatable bonds is 5. The quantitative estimate of drug-likeness (QED) is 0.863. The number of aliphatic hydroxyl groups is 1. The van der Waals surface area contributed by atoms with E-state index in [1.807, 2.05) is 42.5 Å². The Morgan fingerprint density at radius 2 is 1.79 bits per heavy atom. The second-order valence-electron chi connectivity index (χ2n) is 4.41. The van der Waals surface area contributed by atoms with Crippen molar-refractivity contribution in [2.45, 2.75) is 19.4 Å². The van der Waals surface area contributed by atoms with Crippen molar-refractivity contribution < 1.29 is 5.11 Å². The summed E-state index contributed by atoms with van der Waals surface area (Å²) in [4.78, 5) is 0. The lowest BCUT2D eigenvalue weighted by Crippen LogP contribution is -2.16. The van der Waals surface area contributed by atoms with Gasteiger partial charge in [0.25, 0.3) is 0 Å². The lowest BCUT2D eigenvalue weighted by molar-refractivity contribution is 0.276. The normalized spacial score (nSPS) is 12.2. The minimum Gasteiger partial charge on any atom is -0.394 e. The first-order chi connectivity index (χ1) is 9.26. The minimum absolute atomic E-state index is 0.0300. The van der Waals surface area contributed by atoms with Crippen LogP contribution in [0, 0.1) is 0 Å². The van der Waals surface area contributed by atoms with Gasteiger partial charge < -0.3 is 10.4 Å². The van der Waals surface area contributed by atoms with Gasteiger partial charge in [0.2, 0.25) is 0 Å². The van der Waals surface area contributed by atoms with Crippen LogP contribution in [0.1, 0.15) is 24.1 Å². The Morgan fingerprint density at radius 1 is 1.11 bits per heavy atom. The second kappa shape index (κ2) is 6.60. The topological polar surface area (TPSA) is 32.3 Å². The summed E-state index contributed by atoms with van der Waals surface area (Å²) in [5.41, 5.74) is 3.20. The lowest BCUT2D eigenvalue weighted by atomic mass is 9.99. The number of hydrogen-bond donors (Lipinski definition) is 2. The van der Waals surface area contributed by atoms with Crippen LogP contribution in [0.5, 0.6) is 0 Å². The molecular formula is C16H18ClNO. The summed E-state index contributed by atoms with van der Waals surface area (Å²) >= 11 is 6.14. The first kappa shape index (κ1) is 13.9. The SMILES string of the molecule is CCc1ccccc1C(CO)Nc1ccccc1Cl. The van der Waals surface area contributed by atoms with E-state index in [9.17, 15) is 5.11 Å². The highest BCUT2D eigenvalue weighted by atomic mass is 35.5. The van der Waals surface area contributed by atoms with E-state index in [1.165, 1.54) is 5.56 Å². The van der Waals surface area contributed by atoms with E-state index in [2.05, 4.69) is 18.3 Å². The van der Waals surface area contributed by atoms with Crippen LogP contribution in [0.25, 0.3) is 0 Å². The fraction of sp³-hybridized carbons (Fsp3) is 0.250. The molecule has 0 aromatic heterocycles. The molecule has 0 saturated heterocycles. The van der Waals surface area contributed by atoms with Crippen LogP contribution < -0.4 is 5.32 Å². The number of hydrogen-bond acceptors (Lipinski definition) is 2. The maximum absolute atomic E-state index is 9.65. The molecule has 2 rings (SSSR count). The number of aryl methyl sites for hydroxylation is 1. The third-order valence-electron chi connectivity index (χ3n) is 3.20. The molecule has 0 fully saturated rings. The maximum Gasteiger partial charge on any atom is 0.0748 e. The van der Waals surface area contributed by atoms with Crippen LogP contribution >= 0.6 is 11.6 Å². The predicted molar refractivity (Wildman–Crippen MR) is 80.7 cm³/mol. The van der Waals surface area contributed by atoms with E-state index in [4.69, 9.17) is 11.6 Å². The van der Waals surface area contributed by atoms with Gasteiger partial charge in [0.15, 0.2) is 0 Å². The van der Waals surface area contributed by atoms with E-state index in [-0.39, 0.29) is 12.6 Å². The summed E-state index contributed by atoms with van der Waals surface area (Å²) in [6.07, 6.45) is 0.941.